The molecule has 0 aromatic rings. The van der Waals surface area contributed by atoms with Gasteiger partial charge in [0.25, 0.3) is 0 Å². The summed E-state index contributed by atoms with van der Waals surface area (Å²) < 4.78 is 0. The summed E-state index contributed by atoms with van der Waals surface area (Å²) in [6, 6.07) is 0. The minimum absolute atomic E-state index is 0.869. The largest absolute Gasteiger partial charge is 0.302 e. The molecule has 0 saturated carbocycles. The lowest BCUT2D eigenvalue weighted by molar-refractivity contribution is 0.0387. The first-order valence-electron chi connectivity index (χ1n) is 8.12. The zero-order valence-electron chi connectivity index (χ0n) is 13.0. The molecule has 0 heterocycles. The van der Waals surface area contributed by atoms with Gasteiger partial charge in [-0.15, -0.1) is 0 Å². The molecule has 0 aliphatic rings. The predicted molar refractivity (Wildman–Crippen MR) is 80.6 cm³/mol. The molecule has 0 rings (SSSR count). The maximum absolute atomic E-state index is 5.31. The second-order valence-electron chi connectivity index (χ2n) is 5.75. The lowest BCUT2D eigenvalue weighted by Crippen LogP contribution is -2.15. The Morgan fingerprint density at radius 3 is 1.94 bits per heavy atom. The van der Waals surface area contributed by atoms with Crippen molar-refractivity contribution in [3.05, 3.63) is 0 Å². The van der Waals surface area contributed by atoms with Gasteiger partial charge < -0.3 is 4.84 Å². The molecule has 0 saturated heterocycles. The second kappa shape index (κ2) is 15.0. The number of hydroxylamine groups is 1. The minimum atomic E-state index is 0.869. The van der Waals surface area contributed by atoms with Gasteiger partial charge >= 0.3 is 0 Å². The van der Waals surface area contributed by atoms with Gasteiger partial charge in [-0.05, 0) is 18.8 Å². The molecule has 0 aromatic carbocycles. The zero-order chi connectivity index (χ0) is 13.5. The molecule has 0 bridgehead atoms. The van der Waals surface area contributed by atoms with E-state index < -0.39 is 0 Å². The maximum atomic E-state index is 5.31. The Labute approximate surface area is 115 Å². The van der Waals surface area contributed by atoms with Gasteiger partial charge in [-0.3, -0.25) is 0 Å². The van der Waals surface area contributed by atoms with E-state index in [1.165, 1.54) is 57.8 Å². The third-order valence-corrected chi connectivity index (χ3v) is 3.23. The van der Waals surface area contributed by atoms with E-state index >= 15 is 0 Å². The van der Waals surface area contributed by atoms with Gasteiger partial charge in [0.05, 0.1) is 6.61 Å². The van der Waals surface area contributed by atoms with Crippen LogP contribution < -0.4 is 5.48 Å². The van der Waals surface area contributed by atoms with E-state index in [2.05, 4.69) is 26.3 Å². The van der Waals surface area contributed by atoms with Crippen LogP contribution in [0.15, 0.2) is 0 Å². The van der Waals surface area contributed by atoms with Crippen molar-refractivity contribution < 1.29 is 4.84 Å². The van der Waals surface area contributed by atoms with Crippen LogP contribution in [-0.2, 0) is 4.84 Å². The van der Waals surface area contributed by atoms with Crippen molar-refractivity contribution in [2.24, 2.45) is 5.92 Å². The summed E-state index contributed by atoms with van der Waals surface area (Å²) in [6.45, 7) is 8.62. The molecule has 0 fully saturated rings. The zero-order valence-corrected chi connectivity index (χ0v) is 13.0. The molecule has 0 radical (unpaired) electrons. The Hall–Kier alpha value is -0.0800. The van der Waals surface area contributed by atoms with E-state index in [0.29, 0.717) is 0 Å². The predicted octanol–water partition coefficient (Wildman–Crippen LogP) is 5.08. The number of hydrogen-bond donors (Lipinski definition) is 1. The van der Waals surface area contributed by atoms with Crippen LogP contribution >= 0.6 is 0 Å². The molecule has 0 atom stereocenters. The monoisotopic (exact) mass is 257 g/mol. The van der Waals surface area contributed by atoms with Gasteiger partial charge in [0.1, 0.15) is 0 Å². The normalized spacial score (nSPS) is 11.3. The van der Waals surface area contributed by atoms with Crippen LogP contribution in [-0.4, -0.2) is 13.2 Å². The van der Waals surface area contributed by atoms with E-state index in [-0.39, 0.29) is 0 Å². The summed E-state index contributed by atoms with van der Waals surface area (Å²) in [4.78, 5) is 5.31. The van der Waals surface area contributed by atoms with Crippen molar-refractivity contribution in [3.8, 4) is 0 Å². The topological polar surface area (TPSA) is 21.3 Å². The van der Waals surface area contributed by atoms with Gasteiger partial charge in [0, 0.05) is 6.54 Å². The van der Waals surface area contributed by atoms with Gasteiger partial charge in [-0.2, -0.15) is 0 Å². The average Bonchev–Trinajstić information content (AvgIpc) is 2.34. The highest BCUT2D eigenvalue weighted by Gasteiger charge is 1.95. The molecule has 18 heavy (non-hydrogen) atoms. The SMILES string of the molecule is CCCNOCCCCCCCCCCC(C)C. The number of unbranched alkanes of at least 4 members (excludes halogenated alkanes) is 7. The van der Waals surface area contributed by atoms with E-state index in [9.17, 15) is 0 Å². The van der Waals surface area contributed by atoms with Crippen molar-refractivity contribution >= 4 is 0 Å². The van der Waals surface area contributed by atoms with E-state index in [0.717, 1.165) is 25.5 Å². The Bertz CT molecular complexity index is 148. The Balaban J connectivity index is 2.90. The van der Waals surface area contributed by atoms with Gasteiger partial charge in [0.2, 0.25) is 0 Å². The van der Waals surface area contributed by atoms with E-state index in [1.807, 2.05) is 0 Å². The molecular weight excluding hydrogens is 222 g/mol. The molecular formula is C16H35NO. The standard InChI is InChI=1S/C16H35NO/c1-4-14-17-18-15-12-10-8-6-5-7-9-11-13-16(2)3/h16-17H,4-15H2,1-3H3. The third-order valence-electron chi connectivity index (χ3n) is 3.23. The van der Waals surface area contributed by atoms with Crippen molar-refractivity contribution in [2.75, 3.05) is 13.2 Å². The molecule has 0 spiro atoms. The molecule has 1 N–H and O–H groups in total. The van der Waals surface area contributed by atoms with Crippen LogP contribution in [0.4, 0.5) is 0 Å². The fourth-order valence-electron chi connectivity index (χ4n) is 2.03. The summed E-state index contributed by atoms with van der Waals surface area (Å²) in [5.41, 5.74) is 2.97. The highest BCUT2D eigenvalue weighted by Crippen LogP contribution is 2.12. The summed E-state index contributed by atoms with van der Waals surface area (Å²) >= 11 is 0. The van der Waals surface area contributed by atoms with Crippen molar-refractivity contribution in [1.29, 1.82) is 0 Å². The van der Waals surface area contributed by atoms with Crippen molar-refractivity contribution in [2.45, 2.75) is 85.0 Å². The lowest BCUT2D eigenvalue weighted by atomic mass is 10.0. The Morgan fingerprint density at radius 1 is 0.833 bits per heavy atom. The molecule has 2 nitrogen and oxygen atoms in total. The van der Waals surface area contributed by atoms with Crippen LogP contribution in [0.3, 0.4) is 0 Å². The van der Waals surface area contributed by atoms with Gasteiger partial charge in [0.15, 0.2) is 0 Å². The van der Waals surface area contributed by atoms with Crippen LogP contribution in [0.25, 0.3) is 0 Å². The van der Waals surface area contributed by atoms with Gasteiger partial charge in [-0.25, -0.2) is 5.48 Å². The minimum Gasteiger partial charge on any atom is -0.302 e. The van der Waals surface area contributed by atoms with Crippen LogP contribution in [0, 0.1) is 5.92 Å². The highest BCUT2D eigenvalue weighted by molar-refractivity contribution is 4.49. The first-order valence-corrected chi connectivity index (χ1v) is 8.12. The van der Waals surface area contributed by atoms with Gasteiger partial charge in [-0.1, -0.05) is 72.1 Å². The summed E-state index contributed by atoms with van der Waals surface area (Å²) in [6.07, 6.45) is 13.6. The maximum Gasteiger partial charge on any atom is 0.0682 e. The van der Waals surface area contributed by atoms with E-state index in [4.69, 9.17) is 4.84 Å². The number of nitrogens with one attached hydrogen (secondary N) is 1. The quantitative estimate of drug-likeness (QED) is 0.346. The third kappa shape index (κ3) is 15.9. The number of hydrogen-bond acceptors (Lipinski definition) is 2. The molecule has 0 unspecified atom stereocenters. The number of rotatable bonds is 14. The summed E-state index contributed by atoms with van der Waals surface area (Å²) in [5.74, 6) is 0.881. The smallest absolute Gasteiger partial charge is 0.0682 e. The first kappa shape index (κ1) is 17.9. The van der Waals surface area contributed by atoms with Crippen molar-refractivity contribution in [1.82, 2.24) is 5.48 Å². The summed E-state index contributed by atoms with van der Waals surface area (Å²) in [5, 5.41) is 0. The van der Waals surface area contributed by atoms with E-state index in [1.54, 1.807) is 0 Å². The molecule has 2 heteroatoms. The van der Waals surface area contributed by atoms with Crippen LogP contribution in [0.2, 0.25) is 0 Å². The summed E-state index contributed by atoms with van der Waals surface area (Å²) in [7, 11) is 0. The Kier molecular flexibility index (Phi) is 14.9. The highest BCUT2D eigenvalue weighted by atomic mass is 16.6. The fourth-order valence-corrected chi connectivity index (χ4v) is 2.03. The van der Waals surface area contributed by atoms with Crippen molar-refractivity contribution in [3.63, 3.8) is 0 Å². The average molecular weight is 257 g/mol. The molecule has 0 aliphatic heterocycles. The molecule has 0 aliphatic carbocycles. The molecule has 0 aromatic heterocycles. The fraction of sp³-hybridized carbons (Fsp3) is 1.00. The van der Waals surface area contributed by atoms with Crippen LogP contribution in [0.5, 0.6) is 0 Å². The Morgan fingerprint density at radius 2 is 1.39 bits per heavy atom. The lowest BCUT2D eigenvalue weighted by Gasteiger charge is -2.05. The molecule has 0 amide bonds. The molecule has 110 valence electrons. The van der Waals surface area contributed by atoms with Crippen LogP contribution in [0.1, 0.15) is 85.0 Å². The second-order valence-corrected chi connectivity index (χ2v) is 5.75. The first-order chi connectivity index (χ1) is 8.77.